The Morgan fingerprint density at radius 2 is 2.00 bits per heavy atom. The summed E-state index contributed by atoms with van der Waals surface area (Å²) < 4.78 is 36.2. The minimum atomic E-state index is -4.12. The van der Waals surface area contributed by atoms with Gasteiger partial charge in [-0.1, -0.05) is 0 Å². The van der Waals surface area contributed by atoms with Gasteiger partial charge in [0.25, 0.3) is 0 Å². The highest BCUT2D eigenvalue weighted by Gasteiger charge is 2.46. The second-order valence-electron chi connectivity index (χ2n) is 2.73. The Labute approximate surface area is 62.9 Å². The molecule has 1 radical (unpaired) electrons. The zero-order valence-electron chi connectivity index (χ0n) is 5.93. The predicted octanol–water partition coefficient (Wildman–Crippen LogP) is 0.358. The van der Waals surface area contributed by atoms with E-state index in [1.807, 2.05) is 0 Å². The maximum absolute atomic E-state index is 12.1. The van der Waals surface area contributed by atoms with Crippen LogP contribution in [0, 0.1) is 11.8 Å². The maximum Gasteiger partial charge on any atom is 0.393 e. The predicted molar refractivity (Wildman–Crippen MR) is 34.0 cm³/mol. The molecule has 1 heterocycles. The van der Waals surface area contributed by atoms with Crippen molar-refractivity contribution in [3.8, 4) is 0 Å². The van der Waals surface area contributed by atoms with Gasteiger partial charge < -0.3 is 5.73 Å². The molecule has 2 N–H and O–H groups in total. The number of alkyl halides is 3. The fraction of sp³-hybridized carbons (Fsp3) is 1.00. The smallest absolute Gasteiger partial charge is 0.330 e. The normalized spacial score (nSPS) is 32.7. The van der Waals surface area contributed by atoms with Crippen molar-refractivity contribution in [1.29, 1.82) is 0 Å². The molecule has 0 aromatic heterocycles. The third-order valence-electron chi connectivity index (χ3n) is 1.98. The summed E-state index contributed by atoms with van der Waals surface area (Å²) in [6.45, 7) is 0.236. The Morgan fingerprint density at radius 3 is 2.36 bits per heavy atom. The van der Waals surface area contributed by atoms with Crippen LogP contribution in [0.1, 0.15) is 0 Å². The summed E-state index contributed by atoms with van der Waals surface area (Å²) in [5, 5.41) is 3.68. The molecule has 2 nitrogen and oxygen atoms in total. The van der Waals surface area contributed by atoms with Crippen molar-refractivity contribution in [3.05, 3.63) is 0 Å². The fourth-order valence-corrected chi connectivity index (χ4v) is 1.27. The van der Waals surface area contributed by atoms with Crippen molar-refractivity contribution in [2.45, 2.75) is 6.18 Å². The van der Waals surface area contributed by atoms with E-state index >= 15 is 0 Å². The molecule has 1 rings (SSSR count). The number of hydrogen-bond acceptors (Lipinski definition) is 1. The molecular weight excluding hydrogens is 157 g/mol. The van der Waals surface area contributed by atoms with Crippen molar-refractivity contribution >= 4 is 0 Å². The zero-order chi connectivity index (χ0) is 8.48. The lowest BCUT2D eigenvalue weighted by atomic mass is 9.96. The molecule has 0 spiro atoms. The minimum Gasteiger partial charge on any atom is -0.330 e. The van der Waals surface area contributed by atoms with Crippen LogP contribution in [0.25, 0.3) is 0 Å². The second kappa shape index (κ2) is 2.98. The largest absolute Gasteiger partial charge is 0.393 e. The molecule has 1 fully saturated rings. The summed E-state index contributed by atoms with van der Waals surface area (Å²) in [5.74, 6) is -1.79. The van der Waals surface area contributed by atoms with Gasteiger partial charge in [-0.05, 0) is 12.5 Å². The van der Waals surface area contributed by atoms with Gasteiger partial charge in [0.05, 0.1) is 5.92 Å². The third-order valence-corrected chi connectivity index (χ3v) is 1.98. The molecule has 1 saturated heterocycles. The first-order valence-electron chi connectivity index (χ1n) is 3.45. The van der Waals surface area contributed by atoms with E-state index in [1.165, 1.54) is 0 Å². The van der Waals surface area contributed by atoms with Crippen LogP contribution in [0.3, 0.4) is 0 Å². The van der Waals surface area contributed by atoms with Crippen molar-refractivity contribution in [1.82, 2.24) is 5.32 Å². The SMILES string of the molecule is NCC1C[N]CC1C(F)(F)F. The molecule has 5 heteroatoms. The first-order valence-corrected chi connectivity index (χ1v) is 3.45. The monoisotopic (exact) mass is 167 g/mol. The van der Waals surface area contributed by atoms with E-state index < -0.39 is 18.0 Å². The molecule has 1 aliphatic heterocycles. The Kier molecular flexibility index (Phi) is 2.39. The summed E-state index contributed by atoms with van der Waals surface area (Å²) in [4.78, 5) is 0. The van der Waals surface area contributed by atoms with Gasteiger partial charge >= 0.3 is 6.18 Å². The highest BCUT2D eigenvalue weighted by molar-refractivity contribution is 4.85. The number of halogens is 3. The summed E-state index contributed by atoms with van der Waals surface area (Å²) in [6.07, 6.45) is -4.12. The number of nitrogens with two attached hydrogens (primary N) is 1. The molecule has 2 atom stereocenters. The van der Waals surface area contributed by atoms with Gasteiger partial charge in [-0.2, -0.15) is 13.2 Å². The summed E-state index contributed by atoms with van der Waals surface area (Å²) in [7, 11) is 0. The van der Waals surface area contributed by atoms with Gasteiger partial charge in [0.15, 0.2) is 0 Å². The number of nitrogens with zero attached hydrogens (tertiary/aromatic N) is 1. The van der Waals surface area contributed by atoms with Crippen molar-refractivity contribution in [2.24, 2.45) is 17.6 Å². The van der Waals surface area contributed by atoms with Gasteiger partial charge in [-0.15, -0.1) is 0 Å². The van der Waals surface area contributed by atoms with Crippen molar-refractivity contribution in [3.63, 3.8) is 0 Å². The molecule has 0 aliphatic carbocycles. The second-order valence-corrected chi connectivity index (χ2v) is 2.73. The van der Waals surface area contributed by atoms with Crippen molar-refractivity contribution in [2.75, 3.05) is 19.6 Å². The van der Waals surface area contributed by atoms with Crippen LogP contribution >= 0.6 is 0 Å². The van der Waals surface area contributed by atoms with E-state index in [4.69, 9.17) is 5.73 Å². The van der Waals surface area contributed by atoms with Crippen LogP contribution in [0.15, 0.2) is 0 Å². The van der Waals surface area contributed by atoms with Crippen molar-refractivity contribution < 1.29 is 13.2 Å². The van der Waals surface area contributed by atoms with E-state index in [0.29, 0.717) is 0 Å². The van der Waals surface area contributed by atoms with Crippen LogP contribution < -0.4 is 11.1 Å². The Bertz CT molecular complexity index is 134. The highest BCUT2D eigenvalue weighted by Crippen LogP contribution is 2.34. The lowest BCUT2D eigenvalue weighted by Crippen LogP contribution is -2.33. The van der Waals surface area contributed by atoms with Gasteiger partial charge in [0.1, 0.15) is 0 Å². The Morgan fingerprint density at radius 1 is 1.36 bits per heavy atom. The highest BCUT2D eigenvalue weighted by atomic mass is 19.4. The molecule has 0 saturated carbocycles. The van der Waals surface area contributed by atoms with Crippen LogP contribution in [-0.4, -0.2) is 25.8 Å². The van der Waals surface area contributed by atoms with Gasteiger partial charge in [-0.25, -0.2) is 5.32 Å². The van der Waals surface area contributed by atoms with E-state index in [2.05, 4.69) is 5.32 Å². The summed E-state index contributed by atoms with van der Waals surface area (Å²) in [6, 6.07) is 0. The Hall–Kier alpha value is -0.290. The van der Waals surface area contributed by atoms with Crippen LogP contribution in [-0.2, 0) is 0 Å². The molecule has 0 aromatic carbocycles. The molecule has 0 bridgehead atoms. The van der Waals surface area contributed by atoms with Crippen LogP contribution in [0.4, 0.5) is 13.2 Å². The van der Waals surface area contributed by atoms with E-state index in [-0.39, 0.29) is 19.6 Å². The van der Waals surface area contributed by atoms with E-state index in [1.54, 1.807) is 0 Å². The average Bonchev–Trinajstić information content (AvgIpc) is 2.31. The minimum absolute atomic E-state index is 0.0771. The van der Waals surface area contributed by atoms with Gasteiger partial charge in [0, 0.05) is 13.1 Å². The Balaban J connectivity index is 2.57. The number of rotatable bonds is 1. The fourth-order valence-electron chi connectivity index (χ4n) is 1.27. The summed E-state index contributed by atoms with van der Waals surface area (Å²) >= 11 is 0. The molecule has 0 amide bonds. The molecule has 11 heavy (non-hydrogen) atoms. The lowest BCUT2D eigenvalue weighted by molar-refractivity contribution is -0.178. The zero-order valence-corrected chi connectivity index (χ0v) is 5.93. The number of hydrogen-bond donors (Lipinski definition) is 1. The van der Waals surface area contributed by atoms with E-state index in [0.717, 1.165) is 0 Å². The molecule has 1 aliphatic rings. The first-order chi connectivity index (χ1) is 5.05. The topological polar surface area (TPSA) is 40.1 Å². The molecular formula is C6H10F3N2. The van der Waals surface area contributed by atoms with Crippen LogP contribution in [0.5, 0.6) is 0 Å². The first kappa shape index (κ1) is 8.80. The standard InChI is InChI=1S/C6H10F3N2/c7-6(8,9)5-3-11-2-4(5)1-10/h4-5H,1-3,10H2. The molecule has 2 unspecified atom stereocenters. The van der Waals surface area contributed by atoms with Gasteiger partial charge in [0.2, 0.25) is 0 Å². The molecule has 65 valence electrons. The molecule has 0 aromatic rings. The summed E-state index contributed by atoms with van der Waals surface area (Å²) in [5.41, 5.74) is 5.16. The maximum atomic E-state index is 12.1. The van der Waals surface area contributed by atoms with Gasteiger partial charge in [-0.3, -0.25) is 0 Å². The average molecular weight is 167 g/mol. The quantitative estimate of drug-likeness (QED) is 0.601. The third kappa shape index (κ3) is 1.84. The lowest BCUT2D eigenvalue weighted by Gasteiger charge is -2.19. The van der Waals surface area contributed by atoms with Crippen LogP contribution in [0.2, 0.25) is 0 Å². The van der Waals surface area contributed by atoms with E-state index in [9.17, 15) is 13.2 Å².